The zero-order valence-corrected chi connectivity index (χ0v) is 14.6. The van der Waals surface area contributed by atoms with Gasteiger partial charge in [-0.05, 0) is 37.1 Å². The molecule has 1 aliphatic rings. The van der Waals surface area contributed by atoms with Crippen LogP contribution in [0, 0.1) is 0 Å². The van der Waals surface area contributed by atoms with Gasteiger partial charge in [0.25, 0.3) is 0 Å². The Labute approximate surface area is 147 Å². The molecule has 1 unspecified atom stereocenters. The summed E-state index contributed by atoms with van der Waals surface area (Å²) in [6.45, 7) is 4.19. The van der Waals surface area contributed by atoms with Gasteiger partial charge in [0.15, 0.2) is 5.72 Å². The van der Waals surface area contributed by atoms with Gasteiger partial charge in [-0.15, -0.1) is 0 Å². The van der Waals surface area contributed by atoms with Gasteiger partial charge >= 0.3 is 6.10 Å². The number of nitrogens with zero attached hydrogens (tertiary/aromatic N) is 2. The summed E-state index contributed by atoms with van der Waals surface area (Å²) in [5.74, 6) is 0.789. The molecule has 3 rings (SSSR count). The molecule has 0 bridgehead atoms. The number of benzene rings is 2. The molecule has 0 N–H and O–H groups in total. The maximum absolute atomic E-state index is 5.86. The van der Waals surface area contributed by atoms with Crippen LogP contribution < -0.4 is 4.74 Å². The van der Waals surface area contributed by atoms with Gasteiger partial charge in [-0.2, -0.15) is 5.11 Å². The minimum Gasteiger partial charge on any atom is -0.497 e. The predicted octanol–water partition coefficient (Wildman–Crippen LogP) is 4.26. The van der Waals surface area contributed by atoms with Crippen molar-refractivity contribution in [2.24, 2.45) is 10.2 Å². The van der Waals surface area contributed by atoms with Gasteiger partial charge in [-0.25, -0.2) is 0 Å². The highest BCUT2D eigenvalue weighted by Gasteiger charge is 2.46. The first-order valence-electron chi connectivity index (χ1n) is 8.09. The monoisotopic (exact) mass is 342 g/mol. The van der Waals surface area contributed by atoms with Crippen LogP contribution in [0.1, 0.15) is 25.0 Å². The first-order valence-corrected chi connectivity index (χ1v) is 8.09. The van der Waals surface area contributed by atoms with E-state index in [0.717, 1.165) is 16.9 Å². The van der Waals surface area contributed by atoms with E-state index < -0.39 is 11.8 Å². The van der Waals surface area contributed by atoms with Crippen molar-refractivity contribution < 1.29 is 18.9 Å². The Bertz CT molecular complexity index is 716. The quantitative estimate of drug-likeness (QED) is 0.705. The highest BCUT2D eigenvalue weighted by molar-refractivity contribution is 5.26. The summed E-state index contributed by atoms with van der Waals surface area (Å²) in [5, 5.41) is 8.22. The summed E-state index contributed by atoms with van der Waals surface area (Å²) >= 11 is 0. The Hall–Kier alpha value is -2.28. The van der Waals surface area contributed by atoms with E-state index in [1.165, 1.54) is 0 Å². The van der Waals surface area contributed by atoms with E-state index in [1.54, 1.807) is 21.0 Å². The standard InChI is InChI=1S/C19H22N2O4/c1-18(2)20-21-19(25-18,23-13-15-7-5-4-6-8-15)24-14-16-9-11-17(22-3)12-10-16/h4-12H,13-14H2,1-3H3. The van der Waals surface area contributed by atoms with E-state index in [2.05, 4.69) is 10.2 Å². The van der Waals surface area contributed by atoms with Gasteiger partial charge in [0.1, 0.15) is 5.75 Å². The van der Waals surface area contributed by atoms with Crippen LogP contribution in [0.5, 0.6) is 5.75 Å². The van der Waals surface area contributed by atoms with Crippen molar-refractivity contribution in [3.05, 3.63) is 65.7 Å². The molecule has 1 heterocycles. The number of methoxy groups -OCH3 is 1. The van der Waals surface area contributed by atoms with Gasteiger partial charge < -0.3 is 14.2 Å². The second-order valence-electron chi connectivity index (χ2n) is 6.18. The number of azo groups is 1. The lowest BCUT2D eigenvalue weighted by atomic mass is 10.2. The Morgan fingerprint density at radius 1 is 0.840 bits per heavy atom. The van der Waals surface area contributed by atoms with Gasteiger partial charge in [-0.3, -0.25) is 4.74 Å². The summed E-state index contributed by atoms with van der Waals surface area (Å²) in [5.41, 5.74) is 1.15. The van der Waals surface area contributed by atoms with Gasteiger partial charge in [0.05, 0.1) is 20.3 Å². The molecule has 1 aliphatic heterocycles. The summed E-state index contributed by atoms with van der Waals surface area (Å²) in [6.07, 6.45) is -1.54. The molecule has 25 heavy (non-hydrogen) atoms. The summed E-state index contributed by atoms with van der Waals surface area (Å²) in [4.78, 5) is 0. The molecule has 0 radical (unpaired) electrons. The van der Waals surface area contributed by atoms with E-state index in [-0.39, 0.29) is 6.61 Å². The van der Waals surface area contributed by atoms with Gasteiger partial charge in [-0.1, -0.05) is 47.6 Å². The van der Waals surface area contributed by atoms with E-state index in [4.69, 9.17) is 18.9 Å². The molecule has 0 aliphatic carbocycles. The number of hydrogen-bond donors (Lipinski definition) is 0. The van der Waals surface area contributed by atoms with Crippen molar-refractivity contribution in [2.45, 2.75) is 38.9 Å². The van der Waals surface area contributed by atoms with Crippen LogP contribution in [0.25, 0.3) is 0 Å². The maximum atomic E-state index is 5.86. The zero-order chi connectivity index (χ0) is 17.8. The average molecular weight is 342 g/mol. The Balaban J connectivity index is 1.67. The van der Waals surface area contributed by atoms with Crippen LogP contribution in [0.15, 0.2) is 64.8 Å². The third-order valence-electron chi connectivity index (χ3n) is 3.64. The summed E-state index contributed by atoms with van der Waals surface area (Å²) < 4.78 is 22.7. The normalized spacial score (nSPS) is 21.4. The minimum absolute atomic E-state index is 0.272. The summed E-state index contributed by atoms with van der Waals surface area (Å²) in [7, 11) is 1.63. The fraction of sp³-hybridized carbons (Fsp3) is 0.368. The van der Waals surface area contributed by atoms with E-state index in [1.807, 2.05) is 54.6 Å². The van der Waals surface area contributed by atoms with E-state index in [0.29, 0.717) is 6.61 Å². The molecule has 0 saturated carbocycles. The smallest absolute Gasteiger partial charge is 0.415 e. The molecular formula is C19H22N2O4. The number of rotatable bonds is 7. The third kappa shape index (κ3) is 4.63. The van der Waals surface area contributed by atoms with E-state index >= 15 is 0 Å². The average Bonchev–Trinajstić information content (AvgIpc) is 2.95. The second kappa shape index (κ2) is 7.31. The Morgan fingerprint density at radius 3 is 1.96 bits per heavy atom. The molecule has 0 aromatic heterocycles. The minimum atomic E-state index is -1.54. The highest BCUT2D eigenvalue weighted by atomic mass is 16.9. The van der Waals surface area contributed by atoms with Crippen molar-refractivity contribution in [2.75, 3.05) is 7.11 Å². The molecule has 6 heteroatoms. The largest absolute Gasteiger partial charge is 0.497 e. The van der Waals surface area contributed by atoms with Crippen LogP contribution in [0.4, 0.5) is 0 Å². The highest BCUT2D eigenvalue weighted by Crippen LogP contribution is 2.35. The summed E-state index contributed by atoms with van der Waals surface area (Å²) in [6, 6.07) is 17.4. The molecule has 0 amide bonds. The molecule has 0 saturated heterocycles. The lowest BCUT2D eigenvalue weighted by Crippen LogP contribution is -2.38. The van der Waals surface area contributed by atoms with Crippen LogP contribution in [-0.2, 0) is 27.4 Å². The van der Waals surface area contributed by atoms with Gasteiger partial charge in [0, 0.05) is 0 Å². The molecule has 0 fully saturated rings. The van der Waals surface area contributed by atoms with Crippen LogP contribution in [-0.4, -0.2) is 18.9 Å². The molecule has 0 spiro atoms. The Kier molecular flexibility index (Phi) is 5.13. The van der Waals surface area contributed by atoms with Crippen molar-refractivity contribution in [3.8, 4) is 5.75 Å². The molecule has 6 nitrogen and oxygen atoms in total. The fourth-order valence-electron chi connectivity index (χ4n) is 2.34. The SMILES string of the molecule is COc1ccc(COC2(OCc3ccccc3)N=NC(C)(C)O2)cc1. The molecule has 2 aromatic carbocycles. The van der Waals surface area contributed by atoms with Crippen molar-refractivity contribution in [3.63, 3.8) is 0 Å². The molecule has 1 atom stereocenters. The van der Waals surface area contributed by atoms with Crippen LogP contribution in [0.2, 0.25) is 0 Å². The molecule has 132 valence electrons. The number of hydrogen-bond acceptors (Lipinski definition) is 6. The van der Waals surface area contributed by atoms with E-state index in [9.17, 15) is 0 Å². The Morgan fingerprint density at radius 2 is 1.44 bits per heavy atom. The lowest BCUT2D eigenvalue weighted by Gasteiger charge is -2.27. The van der Waals surface area contributed by atoms with Gasteiger partial charge in [0.2, 0.25) is 0 Å². The fourth-order valence-corrected chi connectivity index (χ4v) is 2.34. The number of ether oxygens (including phenoxy) is 4. The maximum Gasteiger partial charge on any atom is 0.415 e. The molecular weight excluding hydrogens is 320 g/mol. The molecule has 2 aromatic rings. The zero-order valence-electron chi connectivity index (χ0n) is 14.6. The predicted molar refractivity (Wildman–Crippen MR) is 91.8 cm³/mol. The first kappa shape index (κ1) is 17.5. The topological polar surface area (TPSA) is 61.6 Å². The van der Waals surface area contributed by atoms with Crippen LogP contribution in [0.3, 0.4) is 0 Å². The lowest BCUT2D eigenvalue weighted by molar-refractivity contribution is -0.393. The van der Waals surface area contributed by atoms with Crippen molar-refractivity contribution in [1.82, 2.24) is 0 Å². The van der Waals surface area contributed by atoms with Crippen LogP contribution >= 0.6 is 0 Å². The third-order valence-corrected chi connectivity index (χ3v) is 3.64. The van der Waals surface area contributed by atoms with Crippen molar-refractivity contribution >= 4 is 0 Å². The second-order valence-corrected chi connectivity index (χ2v) is 6.18. The first-order chi connectivity index (χ1) is 12.0. The van der Waals surface area contributed by atoms with Crippen molar-refractivity contribution in [1.29, 1.82) is 0 Å².